The summed E-state index contributed by atoms with van der Waals surface area (Å²) in [5, 5.41) is 13.2. The Kier molecular flexibility index (Phi) is 5.65. The average Bonchev–Trinajstić information content (AvgIpc) is 2.48. The lowest BCUT2D eigenvalue weighted by Gasteiger charge is -2.15. The number of benzene rings is 2. The van der Waals surface area contributed by atoms with Gasteiger partial charge in [0.2, 0.25) is 0 Å². The first-order valence-electron chi connectivity index (χ1n) is 7.03. The van der Waals surface area contributed by atoms with Crippen LogP contribution >= 0.6 is 15.9 Å². The molecule has 0 spiro atoms. The van der Waals surface area contributed by atoms with Crippen molar-refractivity contribution < 1.29 is 9.84 Å². The number of phenols is 1. The minimum Gasteiger partial charge on any atom is -0.504 e. The van der Waals surface area contributed by atoms with Crippen LogP contribution in [-0.4, -0.2) is 11.7 Å². The van der Waals surface area contributed by atoms with Crippen LogP contribution in [-0.2, 0) is 6.54 Å². The molecule has 0 saturated carbocycles. The van der Waals surface area contributed by atoms with Crippen molar-refractivity contribution in [3.05, 3.63) is 58.1 Å². The van der Waals surface area contributed by atoms with E-state index in [1.165, 1.54) is 5.56 Å². The number of aromatic hydroxyl groups is 1. The van der Waals surface area contributed by atoms with Gasteiger partial charge in [-0.05, 0) is 49.2 Å². The maximum Gasteiger partial charge on any atom is 0.161 e. The summed E-state index contributed by atoms with van der Waals surface area (Å²) in [5.41, 5.74) is 2.31. The van der Waals surface area contributed by atoms with Crippen molar-refractivity contribution >= 4 is 15.9 Å². The van der Waals surface area contributed by atoms with Crippen molar-refractivity contribution in [3.8, 4) is 11.5 Å². The van der Waals surface area contributed by atoms with Gasteiger partial charge in [-0.2, -0.15) is 0 Å². The maximum atomic E-state index is 9.70. The van der Waals surface area contributed by atoms with Crippen molar-refractivity contribution in [1.29, 1.82) is 0 Å². The molecule has 3 nitrogen and oxygen atoms in total. The van der Waals surface area contributed by atoms with Crippen molar-refractivity contribution in [2.75, 3.05) is 6.61 Å². The van der Waals surface area contributed by atoms with Gasteiger partial charge in [-0.25, -0.2) is 0 Å². The van der Waals surface area contributed by atoms with E-state index >= 15 is 0 Å². The average molecular weight is 350 g/mol. The third kappa shape index (κ3) is 4.48. The second-order valence-electron chi connectivity index (χ2n) is 4.89. The largest absolute Gasteiger partial charge is 0.504 e. The van der Waals surface area contributed by atoms with E-state index in [1.807, 2.05) is 31.2 Å². The molecule has 0 bridgehead atoms. The lowest BCUT2D eigenvalue weighted by Crippen LogP contribution is -2.18. The monoisotopic (exact) mass is 349 g/mol. The van der Waals surface area contributed by atoms with Crippen LogP contribution < -0.4 is 10.1 Å². The summed E-state index contributed by atoms with van der Waals surface area (Å²) in [6.45, 7) is 5.29. The fourth-order valence-corrected chi connectivity index (χ4v) is 2.52. The zero-order valence-corrected chi connectivity index (χ0v) is 13.9. The standard InChI is InChI=1S/C17H20BrNO2/c1-3-21-17-9-13(7-8-16(17)20)11-19-12(2)14-5-4-6-15(18)10-14/h4-10,12,19-20H,3,11H2,1-2H3/t12-/m1/s1. The summed E-state index contributed by atoms with van der Waals surface area (Å²) in [5.74, 6) is 0.715. The van der Waals surface area contributed by atoms with Gasteiger partial charge in [0.25, 0.3) is 0 Å². The van der Waals surface area contributed by atoms with E-state index in [2.05, 4.69) is 40.3 Å². The number of phenolic OH excluding ortho intramolecular Hbond substituents is 1. The molecule has 2 aromatic carbocycles. The summed E-state index contributed by atoms with van der Waals surface area (Å²) >= 11 is 3.49. The first-order chi connectivity index (χ1) is 10.1. The van der Waals surface area contributed by atoms with Crippen molar-refractivity contribution in [1.82, 2.24) is 5.32 Å². The molecule has 0 heterocycles. The Morgan fingerprint density at radius 1 is 1.24 bits per heavy atom. The zero-order valence-electron chi connectivity index (χ0n) is 12.3. The van der Waals surface area contributed by atoms with Gasteiger partial charge in [0, 0.05) is 17.1 Å². The van der Waals surface area contributed by atoms with Gasteiger partial charge in [-0.3, -0.25) is 0 Å². The molecule has 2 N–H and O–H groups in total. The SMILES string of the molecule is CCOc1cc(CN[C@H](C)c2cccc(Br)c2)ccc1O. The predicted molar refractivity (Wildman–Crippen MR) is 88.7 cm³/mol. The lowest BCUT2D eigenvalue weighted by molar-refractivity contribution is 0.317. The molecule has 1 atom stereocenters. The smallest absolute Gasteiger partial charge is 0.161 e. The lowest BCUT2D eigenvalue weighted by atomic mass is 10.1. The van der Waals surface area contributed by atoms with Crippen LogP contribution in [0.4, 0.5) is 0 Å². The Labute approximate surface area is 134 Å². The molecule has 0 fully saturated rings. The molecule has 0 radical (unpaired) electrons. The summed E-state index contributed by atoms with van der Waals surface area (Å²) in [6, 6.07) is 14.0. The van der Waals surface area contributed by atoms with Crippen molar-refractivity contribution in [2.45, 2.75) is 26.4 Å². The molecule has 112 valence electrons. The molecule has 0 amide bonds. The fraction of sp³-hybridized carbons (Fsp3) is 0.294. The first kappa shape index (κ1) is 15.9. The van der Waals surface area contributed by atoms with Crippen LogP contribution in [0.2, 0.25) is 0 Å². The van der Waals surface area contributed by atoms with E-state index in [0.29, 0.717) is 18.9 Å². The Morgan fingerprint density at radius 3 is 2.76 bits per heavy atom. The second-order valence-corrected chi connectivity index (χ2v) is 5.81. The Bertz CT molecular complexity index is 601. The van der Waals surface area contributed by atoms with Gasteiger partial charge < -0.3 is 15.2 Å². The van der Waals surface area contributed by atoms with Crippen LogP contribution in [0.25, 0.3) is 0 Å². The quantitative estimate of drug-likeness (QED) is 0.811. The normalized spacial score (nSPS) is 12.1. The van der Waals surface area contributed by atoms with Crippen molar-refractivity contribution in [3.63, 3.8) is 0 Å². The number of halogens is 1. The van der Waals surface area contributed by atoms with E-state index in [1.54, 1.807) is 6.07 Å². The molecular formula is C17H20BrNO2. The highest BCUT2D eigenvalue weighted by atomic mass is 79.9. The van der Waals surface area contributed by atoms with E-state index in [4.69, 9.17) is 4.74 Å². The summed E-state index contributed by atoms with van der Waals surface area (Å²) in [6.07, 6.45) is 0. The molecule has 0 unspecified atom stereocenters. The third-order valence-corrected chi connectivity index (χ3v) is 3.78. The van der Waals surface area contributed by atoms with E-state index in [9.17, 15) is 5.11 Å². The Balaban J connectivity index is 2.01. The van der Waals surface area contributed by atoms with Crippen LogP contribution in [0.1, 0.15) is 31.0 Å². The molecular weight excluding hydrogens is 330 g/mol. The van der Waals surface area contributed by atoms with E-state index in [0.717, 1.165) is 10.0 Å². The number of hydrogen-bond donors (Lipinski definition) is 2. The minimum absolute atomic E-state index is 0.181. The molecule has 2 aromatic rings. The Morgan fingerprint density at radius 2 is 2.05 bits per heavy atom. The second kappa shape index (κ2) is 7.48. The predicted octanol–water partition coefficient (Wildman–Crippen LogP) is 4.40. The molecule has 4 heteroatoms. The molecule has 0 aromatic heterocycles. The summed E-state index contributed by atoms with van der Waals surface area (Å²) in [4.78, 5) is 0. The highest BCUT2D eigenvalue weighted by molar-refractivity contribution is 9.10. The number of ether oxygens (including phenoxy) is 1. The zero-order chi connectivity index (χ0) is 15.2. The Hall–Kier alpha value is -1.52. The fourth-order valence-electron chi connectivity index (χ4n) is 2.10. The number of rotatable bonds is 6. The van der Waals surface area contributed by atoms with Crippen molar-refractivity contribution in [2.24, 2.45) is 0 Å². The van der Waals surface area contributed by atoms with E-state index < -0.39 is 0 Å². The topological polar surface area (TPSA) is 41.5 Å². The molecule has 0 aliphatic rings. The van der Waals surface area contributed by atoms with E-state index in [-0.39, 0.29) is 11.8 Å². The number of hydrogen-bond acceptors (Lipinski definition) is 3. The van der Waals surface area contributed by atoms with Crippen LogP contribution in [0.3, 0.4) is 0 Å². The van der Waals surface area contributed by atoms with Crippen LogP contribution in [0.5, 0.6) is 11.5 Å². The highest BCUT2D eigenvalue weighted by Gasteiger charge is 2.07. The van der Waals surface area contributed by atoms with Crippen LogP contribution in [0, 0.1) is 0 Å². The minimum atomic E-state index is 0.181. The first-order valence-corrected chi connectivity index (χ1v) is 7.83. The third-order valence-electron chi connectivity index (χ3n) is 3.29. The van der Waals surface area contributed by atoms with Gasteiger partial charge in [-0.15, -0.1) is 0 Å². The van der Waals surface area contributed by atoms with Gasteiger partial charge in [0.15, 0.2) is 11.5 Å². The molecule has 0 saturated heterocycles. The van der Waals surface area contributed by atoms with Gasteiger partial charge in [0.05, 0.1) is 6.61 Å². The maximum absolute atomic E-state index is 9.70. The van der Waals surface area contributed by atoms with Crippen LogP contribution in [0.15, 0.2) is 46.9 Å². The molecule has 2 rings (SSSR count). The van der Waals surface area contributed by atoms with Gasteiger partial charge >= 0.3 is 0 Å². The molecule has 21 heavy (non-hydrogen) atoms. The number of nitrogens with one attached hydrogen (secondary N) is 1. The summed E-state index contributed by atoms with van der Waals surface area (Å²) < 4.78 is 6.48. The van der Waals surface area contributed by atoms with Gasteiger partial charge in [-0.1, -0.05) is 34.1 Å². The highest BCUT2D eigenvalue weighted by Crippen LogP contribution is 2.27. The van der Waals surface area contributed by atoms with Gasteiger partial charge in [0.1, 0.15) is 0 Å². The summed E-state index contributed by atoms with van der Waals surface area (Å²) in [7, 11) is 0. The molecule has 0 aliphatic heterocycles. The molecule has 0 aliphatic carbocycles.